The number of phenols is 1. The Hall–Kier alpha value is -1.74. The molecule has 1 aliphatic heterocycles. The maximum absolute atomic E-state index is 10.1. The van der Waals surface area contributed by atoms with Crippen molar-refractivity contribution >= 4 is 0 Å². The second-order valence-corrected chi connectivity index (χ2v) is 7.44. The van der Waals surface area contributed by atoms with Gasteiger partial charge in [-0.1, -0.05) is 26.3 Å². The fourth-order valence-corrected chi connectivity index (χ4v) is 5.45. The molecule has 0 radical (unpaired) electrons. The normalized spacial score (nSPS) is 29.4. The number of aromatic hydroxyl groups is 1. The van der Waals surface area contributed by atoms with Crippen LogP contribution in [0.1, 0.15) is 50.0 Å². The molecule has 2 aliphatic rings. The van der Waals surface area contributed by atoms with Gasteiger partial charge < -0.3 is 9.52 Å². The van der Waals surface area contributed by atoms with Crippen molar-refractivity contribution in [2.24, 2.45) is 5.92 Å². The van der Waals surface area contributed by atoms with Gasteiger partial charge in [-0.05, 0) is 67.1 Å². The molecule has 1 saturated heterocycles. The third kappa shape index (κ3) is 2.29. The highest BCUT2D eigenvalue weighted by molar-refractivity contribution is 5.44. The van der Waals surface area contributed by atoms with E-state index >= 15 is 0 Å². The number of hydrogen-bond donors (Lipinski definition) is 1. The lowest BCUT2D eigenvalue weighted by Crippen LogP contribution is -2.59. The largest absolute Gasteiger partial charge is 0.508 e. The van der Waals surface area contributed by atoms with Crippen molar-refractivity contribution in [2.75, 3.05) is 6.54 Å². The van der Waals surface area contributed by atoms with E-state index in [9.17, 15) is 5.11 Å². The molecule has 0 spiro atoms. The summed E-state index contributed by atoms with van der Waals surface area (Å²) in [6.45, 7) is 6.65. The molecule has 0 amide bonds. The Kier molecular flexibility index (Phi) is 3.92. The first kappa shape index (κ1) is 15.8. The van der Waals surface area contributed by atoms with Gasteiger partial charge in [-0.2, -0.15) is 0 Å². The summed E-state index contributed by atoms with van der Waals surface area (Å²) < 4.78 is 5.60. The molecular formula is C21H27NO2. The highest BCUT2D eigenvalue weighted by atomic mass is 16.3. The maximum Gasteiger partial charge on any atom is 0.117 e. The summed E-state index contributed by atoms with van der Waals surface area (Å²) in [6, 6.07) is 10.7. The van der Waals surface area contributed by atoms with Crippen LogP contribution in [0.15, 0.2) is 41.0 Å². The molecule has 4 rings (SSSR count). The molecule has 2 heterocycles. The lowest BCUT2D eigenvalue weighted by molar-refractivity contribution is 0.000801. The molecule has 1 aromatic heterocycles. The fourth-order valence-electron chi connectivity index (χ4n) is 5.45. The lowest BCUT2D eigenvalue weighted by atomic mass is 9.55. The molecule has 3 heteroatoms. The van der Waals surface area contributed by atoms with Gasteiger partial charge in [0.2, 0.25) is 0 Å². The SMILES string of the molecule is CCC1C2Cc3ccc(O)cc3[C@@]1(CC)CCN2Cc1ccco1. The summed E-state index contributed by atoms with van der Waals surface area (Å²) >= 11 is 0. The Bertz CT molecular complexity index is 709. The summed E-state index contributed by atoms with van der Waals surface area (Å²) in [5.74, 6) is 2.11. The molecule has 0 saturated carbocycles. The molecule has 2 unspecified atom stereocenters. The van der Waals surface area contributed by atoms with Crippen LogP contribution >= 0.6 is 0 Å². The molecule has 3 nitrogen and oxygen atoms in total. The molecular weight excluding hydrogens is 298 g/mol. The third-order valence-corrected chi connectivity index (χ3v) is 6.56. The Morgan fingerprint density at radius 2 is 2.17 bits per heavy atom. The highest BCUT2D eigenvalue weighted by Gasteiger charge is 2.51. The minimum absolute atomic E-state index is 0.214. The second-order valence-electron chi connectivity index (χ2n) is 7.44. The molecule has 1 N–H and O–H groups in total. The van der Waals surface area contributed by atoms with Crippen molar-refractivity contribution in [3.05, 3.63) is 53.5 Å². The van der Waals surface area contributed by atoms with Gasteiger partial charge in [0, 0.05) is 11.5 Å². The first-order chi connectivity index (χ1) is 11.7. The number of benzene rings is 1. The van der Waals surface area contributed by atoms with Crippen molar-refractivity contribution < 1.29 is 9.52 Å². The van der Waals surface area contributed by atoms with E-state index < -0.39 is 0 Å². The Labute approximate surface area is 144 Å². The van der Waals surface area contributed by atoms with E-state index in [1.165, 1.54) is 17.5 Å². The molecule has 1 aromatic carbocycles. The predicted molar refractivity (Wildman–Crippen MR) is 95.1 cm³/mol. The van der Waals surface area contributed by atoms with Gasteiger partial charge in [0.05, 0.1) is 12.8 Å². The zero-order chi connectivity index (χ0) is 16.7. The second kappa shape index (κ2) is 5.96. The van der Waals surface area contributed by atoms with E-state index in [4.69, 9.17) is 4.42 Å². The number of likely N-dealkylation sites (tertiary alicyclic amines) is 1. The summed E-state index contributed by atoms with van der Waals surface area (Å²) in [7, 11) is 0. The zero-order valence-electron chi connectivity index (χ0n) is 14.7. The highest BCUT2D eigenvalue weighted by Crippen LogP contribution is 2.52. The zero-order valence-corrected chi connectivity index (χ0v) is 14.7. The quantitative estimate of drug-likeness (QED) is 0.900. The number of nitrogens with zero attached hydrogens (tertiary/aromatic N) is 1. The minimum Gasteiger partial charge on any atom is -0.508 e. The van der Waals surface area contributed by atoms with Gasteiger partial charge in [-0.25, -0.2) is 0 Å². The minimum atomic E-state index is 0.214. The summed E-state index contributed by atoms with van der Waals surface area (Å²) in [5, 5.41) is 10.1. The van der Waals surface area contributed by atoms with E-state index in [-0.39, 0.29) is 5.41 Å². The summed E-state index contributed by atoms with van der Waals surface area (Å²) in [6.07, 6.45) is 6.34. The first-order valence-corrected chi connectivity index (χ1v) is 9.26. The van der Waals surface area contributed by atoms with Gasteiger partial charge in [0.15, 0.2) is 0 Å². The molecule has 2 aromatic rings. The van der Waals surface area contributed by atoms with Crippen molar-refractivity contribution in [1.29, 1.82) is 0 Å². The van der Waals surface area contributed by atoms with E-state index in [1.54, 1.807) is 6.26 Å². The van der Waals surface area contributed by atoms with Crippen LogP contribution in [0, 0.1) is 5.92 Å². The Morgan fingerprint density at radius 1 is 1.29 bits per heavy atom. The molecule has 24 heavy (non-hydrogen) atoms. The molecule has 1 aliphatic carbocycles. The smallest absolute Gasteiger partial charge is 0.117 e. The van der Waals surface area contributed by atoms with Gasteiger partial charge in [-0.15, -0.1) is 0 Å². The van der Waals surface area contributed by atoms with Gasteiger partial charge in [0.25, 0.3) is 0 Å². The molecule has 128 valence electrons. The first-order valence-electron chi connectivity index (χ1n) is 9.26. The van der Waals surface area contributed by atoms with Crippen LogP contribution < -0.4 is 0 Å². The Morgan fingerprint density at radius 3 is 2.88 bits per heavy atom. The van der Waals surface area contributed by atoms with Crippen molar-refractivity contribution in [3.63, 3.8) is 0 Å². The fraction of sp³-hybridized carbons (Fsp3) is 0.524. The van der Waals surface area contributed by atoms with Gasteiger partial charge in [-0.3, -0.25) is 4.90 Å². The van der Waals surface area contributed by atoms with Crippen LogP contribution in [0.25, 0.3) is 0 Å². The third-order valence-electron chi connectivity index (χ3n) is 6.56. The van der Waals surface area contributed by atoms with Crippen LogP contribution in [0.2, 0.25) is 0 Å². The number of piperidine rings is 1. The maximum atomic E-state index is 10.1. The lowest BCUT2D eigenvalue weighted by Gasteiger charge is -2.57. The average Bonchev–Trinajstić information content (AvgIpc) is 3.10. The molecule has 1 fully saturated rings. The Balaban J connectivity index is 1.74. The van der Waals surface area contributed by atoms with Crippen LogP contribution in [-0.4, -0.2) is 22.6 Å². The van der Waals surface area contributed by atoms with E-state index in [2.05, 4.69) is 30.9 Å². The van der Waals surface area contributed by atoms with Crippen LogP contribution in [0.3, 0.4) is 0 Å². The van der Waals surface area contributed by atoms with Crippen LogP contribution in [0.5, 0.6) is 5.75 Å². The van der Waals surface area contributed by atoms with E-state index in [1.807, 2.05) is 18.2 Å². The van der Waals surface area contributed by atoms with Crippen LogP contribution in [0.4, 0.5) is 0 Å². The monoisotopic (exact) mass is 325 g/mol. The van der Waals surface area contributed by atoms with Crippen molar-refractivity contribution in [3.8, 4) is 5.75 Å². The average molecular weight is 325 g/mol. The number of rotatable bonds is 4. The summed E-state index contributed by atoms with van der Waals surface area (Å²) in [4.78, 5) is 2.62. The number of hydrogen-bond acceptors (Lipinski definition) is 3. The van der Waals surface area contributed by atoms with E-state index in [0.717, 1.165) is 38.1 Å². The summed E-state index contributed by atoms with van der Waals surface area (Å²) in [5.41, 5.74) is 3.05. The predicted octanol–water partition coefficient (Wildman–Crippen LogP) is 4.49. The topological polar surface area (TPSA) is 36.6 Å². The number of phenolic OH excluding ortho intramolecular Hbond substituents is 1. The van der Waals surface area contributed by atoms with E-state index in [0.29, 0.717) is 17.7 Å². The number of fused-ring (bicyclic) bond motifs is 4. The molecule has 3 atom stereocenters. The molecule has 2 bridgehead atoms. The van der Waals surface area contributed by atoms with Gasteiger partial charge in [0.1, 0.15) is 11.5 Å². The standard InChI is InChI=1S/C21H27NO2/c1-3-18-20-12-15-7-8-16(23)13-19(15)21(18,4-2)9-10-22(20)14-17-6-5-11-24-17/h5-8,11,13,18,20,23H,3-4,9-10,12,14H2,1-2H3/t18?,20?,21-/m0/s1. The van der Waals surface area contributed by atoms with Crippen LogP contribution in [-0.2, 0) is 18.4 Å². The van der Waals surface area contributed by atoms with Gasteiger partial charge >= 0.3 is 0 Å². The number of furan rings is 1. The van der Waals surface area contributed by atoms with Crippen molar-refractivity contribution in [2.45, 2.75) is 57.5 Å². The van der Waals surface area contributed by atoms with Crippen molar-refractivity contribution in [1.82, 2.24) is 4.90 Å².